The van der Waals surface area contributed by atoms with Crippen molar-refractivity contribution in [3.8, 4) is 0 Å². The highest BCUT2D eigenvalue weighted by Crippen LogP contribution is 2.40. The number of hydrogen-bond donors (Lipinski definition) is 2. The van der Waals surface area contributed by atoms with Gasteiger partial charge in [-0.25, -0.2) is 0 Å². The minimum atomic E-state index is -0.328. The van der Waals surface area contributed by atoms with E-state index < -0.39 is 0 Å². The first-order valence-electron chi connectivity index (χ1n) is 6.94. The summed E-state index contributed by atoms with van der Waals surface area (Å²) in [6, 6.07) is 0. The molecule has 1 amide bonds. The highest BCUT2D eigenvalue weighted by Gasteiger charge is 2.49. The molecule has 0 radical (unpaired) electrons. The van der Waals surface area contributed by atoms with Crippen LogP contribution >= 0.6 is 12.2 Å². The zero-order valence-corrected chi connectivity index (χ0v) is 12.4. The molecule has 3 fully saturated rings. The summed E-state index contributed by atoms with van der Waals surface area (Å²) < 4.78 is 17.1. The third-order valence-electron chi connectivity index (χ3n) is 4.64. The summed E-state index contributed by atoms with van der Waals surface area (Å²) in [5.41, 5.74) is 0. The first kappa shape index (κ1) is 14.2. The van der Waals surface area contributed by atoms with Crippen LogP contribution in [0, 0.1) is 11.8 Å². The zero-order chi connectivity index (χ0) is 14.3. The van der Waals surface area contributed by atoms with E-state index in [1.54, 1.807) is 14.2 Å². The minimum Gasteiger partial charge on any atom is -0.381 e. The van der Waals surface area contributed by atoms with Crippen molar-refractivity contribution in [2.75, 3.05) is 14.2 Å². The second-order valence-corrected chi connectivity index (χ2v) is 6.08. The molecular formula is C13H20N2O4S. The Morgan fingerprint density at radius 1 is 1.25 bits per heavy atom. The molecule has 20 heavy (non-hydrogen) atoms. The molecule has 0 aromatic carbocycles. The average Bonchev–Trinajstić information content (AvgIpc) is 2.44. The third-order valence-corrected chi connectivity index (χ3v) is 4.86. The first-order chi connectivity index (χ1) is 9.62. The Balaban J connectivity index is 1.78. The molecule has 3 rings (SSSR count). The van der Waals surface area contributed by atoms with Crippen LogP contribution in [0.25, 0.3) is 0 Å². The van der Waals surface area contributed by atoms with Gasteiger partial charge in [0.25, 0.3) is 0 Å². The van der Waals surface area contributed by atoms with Crippen LogP contribution < -0.4 is 10.6 Å². The quantitative estimate of drug-likeness (QED) is 0.708. The predicted octanol–water partition coefficient (Wildman–Crippen LogP) is 0.162. The summed E-state index contributed by atoms with van der Waals surface area (Å²) in [6.07, 6.45) is 2.36. The van der Waals surface area contributed by atoms with Gasteiger partial charge in [0, 0.05) is 33.0 Å². The molecule has 0 aromatic heterocycles. The number of thiocarbonyl (C=S) groups is 1. The fraction of sp³-hybridized carbons (Fsp3) is 0.846. The van der Waals surface area contributed by atoms with E-state index in [0.29, 0.717) is 5.11 Å². The molecule has 1 saturated carbocycles. The molecule has 3 aliphatic rings. The van der Waals surface area contributed by atoms with Gasteiger partial charge in [-0.15, -0.1) is 0 Å². The Bertz CT molecular complexity index is 419. The molecule has 6 nitrogen and oxygen atoms in total. The van der Waals surface area contributed by atoms with Crippen LogP contribution in [0.2, 0.25) is 0 Å². The van der Waals surface area contributed by atoms with Gasteiger partial charge in [0.05, 0.1) is 24.2 Å². The maximum Gasteiger partial charge on any atom is 0.233 e. The van der Waals surface area contributed by atoms with Crippen molar-refractivity contribution < 1.29 is 19.0 Å². The summed E-state index contributed by atoms with van der Waals surface area (Å²) in [7, 11) is 3.42. The van der Waals surface area contributed by atoms with Gasteiger partial charge in [0.1, 0.15) is 6.23 Å². The maximum atomic E-state index is 12.0. The topological polar surface area (TPSA) is 68.8 Å². The fourth-order valence-electron chi connectivity index (χ4n) is 3.58. The van der Waals surface area contributed by atoms with Crippen molar-refractivity contribution in [3.63, 3.8) is 0 Å². The van der Waals surface area contributed by atoms with Crippen LogP contribution in [0.4, 0.5) is 0 Å². The maximum absolute atomic E-state index is 12.0. The van der Waals surface area contributed by atoms with Crippen LogP contribution in [0.15, 0.2) is 0 Å². The molecule has 6 unspecified atom stereocenters. The monoisotopic (exact) mass is 300 g/mol. The molecular weight excluding hydrogens is 280 g/mol. The van der Waals surface area contributed by atoms with Crippen molar-refractivity contribution in [2.45, 2.75) is 43.8 Å². The second-order valence-electron chi connectivity index (χ2n) is 5.67. The van der Waals surface area contributed by atoms with Crippen LogP contribution in [-0.4, -0.2) is 49.8 Å². The molecule has 1 aliphatic carbocycles. The van der Waals surface area contributed by atoms with Gasteiger partial charge in [-0.1, -0.05) is 0 Å². The average molecular weight is 300 g/mol. The Morgan fingerprint density at radius 3 is 2.75 bits per heavy atom. The van der Waals surface area contributed by atoms with E-state index in [-0.39, 0.29) is 42.3 Å². The van der Waals surface area contributed by atoms with Crippen LogP contribution in [-0.2, 0) is 19.0 Å². The van der Waals surface area contributed by atoms with Gasteiger partial charge in [-0.3, -0.25) is 4.79 Å². The van der Waals surface area contributed by atoms with Crippen LogP contribution in [0.3, 0.4) is 0 Å². The third kappa shape index (κ3) is 2.43. The molecule has 2 aliphatic heterocycles. The lowest BCUT2D eigenvalue weighted by Gasteiger charge is -2.49. The SMILES string of the molecule is COC1CC(OC)C2CC3C(=O)NC(=S)NC3OC2C1. The number of amides is 1. The van der Waals surface area contributed by atoms with Crippen molar-refractivity contribution in [3.05, 3.63) is 0 Å². The van der Waals surface area contributed by atoms with E-state index in [9.17, 15) is 4.79 Å². The number of carbonyl (C=O) groups is 1. The molecule has 6 atom stereocenters. The standard InChI is InChI=1S/C13H20N2O4S/c1-17-6-3-9(18-2)7-5-8-11(16)14-13(20)15-12(8)19-10(7)4-6/h6-10,12H,3-5H2,1-2H3,(H2,14,15,16,20). The Hall–Kier alpha value is -0.760. The van der Waals surface area contributed by atoms with Gasteiger partial charge in [-0.05, 0) is 18.6 Å². The largest absolute Gasteiger partial charge is 0.381 e. The van der Waals surface area contributed by atoms with Gasteiger partial charge < -0.3 is 24.8 Å². The lowest BCUT2D eigenvalue weighted by Crippen LogP contribution is -2.64. The molecule has 7 heteroatoms. The van der Waals surface area contributed by atoms with Gasteiger partial charge in [0.15, 0.2) is 5.11 Å². The van der Waals surface area contributed by atoms with Crippen molar-refractivity contribution >= 4 is 23.2 Å². The number of hydrogen-bond acceptors (Lipinski definition) is 5. The number of rotatable bonds is 2. The summed E-state index contributed by atoms with van der Waals surface area (Å²) in [4.78, 5) is 12.0. The lowest BCUT2D eigenvalue weighted by atomic mass is 9.74. The van der Waals surface area contributed by atoms with Crippen molar-refractivity contribution in [1.82, 2.24) is 10.6 Å². The number of nitrogens with one attached hydrogen (secondary N) is 2. The number of methoxy groups -OCH3 is 2. The molecule has 112 valence electrons. The fourth-order valence-corrected chi connectivity index (χ4v) is 3.79. The van der Waals surface area contributed by atoms with Gasteiger partial charge in [0.2, 0.25) is 5.91 Å². The molecule has 2 heterocycles. The minimum absolute atomic E-state index is 0.0427. The van der Waals surface area contributed by atoms with E-state index in [0.717, 1.165) is 19.3 Å². The van der Waals surface area contributed by atoms with E-state index in [1.165, 1.54) is 0 Å². The first-order valence-corrected chi connectivity index (χ1v) is 7.35. The number of fused-ring (bicyclic) bond motifs is 2. The van der Waals surface area contributed by atoms with E-state index in [4.69, 9.17) is 26.4 Å². The number of ether oxygens (including phenoxy) is 3. The van der Waals surface area contributed by atoms with Gasteiger partial charge >= 0.3 is 0 Å². The molecule has 0 bridgehead atoms. The van der Waals surface area contributed by atoms with E-state index in [1.807, 2.05) is 0 Å². The molecule has 0 spiro atoms. The number of carbonyl (C=O) groups excluding carboxylic acids is 1. The highest BCUT2D eigenvalue weighted by atomic mass is 32.1. The molecule has 2 saturated heterocycles. The van der Waals surface area contributed by atoms with E-state index >= 15 is 0 Å². The zero-order valence-electron chi connectivity index (χ0n) is 11.6. The normalized spacial score (nSPS) is 44.1. The van der Waals surface area contributed by atoms with Crippen LogP contribution in [0.5, 0.6) is 0 Å². The Kier molecular flexibility index (Phi) is 3.94. The lowest BCUT2D eigenvalue weighted by molar-refractivity contribution is -0.193. The Morgan fingerprint density at radius 2 is 2.05 bits per heavy atom. The summed E-state index contributed by atoms with van der Waals surface area (Å²) in [5, 5.41) is 6.05. The highest BCUT2D eigenvalue weighted by molar-refractivity contribution is 7.80. The molecule has 0 aromatic rings. The second kappa shape index (κ2) is 5.55. The van der Waals surface area contributed by atoms with Crippen molar-refractivity contribution in [1.29, 1.82) is 0 Å². The van der Waals surface area contributed by atoms with Crippen LogP contribution in [0.1, 0.15) is 19.3 Å². The van der Waals surface area contributed by atoms with E-state index in [2.05, 4.69) is 10.6 Å². The predicted molar refractivity (Wildman–Crippen MR) is 75.0 cm³/mol. The summed E-state index contributed by atoms with van der Waals surface area (Å²) >= 11 is 5.02. The Labute approximate surface area is 123 Å². The molecule has 2 N–H and O–H groups in total. The summed E-state index contributed by atoms with van der Waals surface area (Å²) in [5.74, 6) is -0.0347. The van der Waals surface area contributed by atoms with Crippen molar-refractivity contribution in [2.24, 2.45) is 11.8 Å². The smallest absolute Gasteiger partial charge is 0.233 e. The van der Waals surface area contributed by atoms with Gasteiger partial charge in [-0.2, -0.15) is 0 Å². The summed E-state index contributed by atoms with van der Waals surface area (Å²) in [6.45, 7) is 0.